The summed E-state index contributed by atoms with van der Waals surface area (Å²) in [6, 6.07) is 7.97. The number of benzene rings is 1. The lowest BCUT2D eigenvalue weighted by molar-refractivity contribution is -0.148. The van der Waals surface area contributed by atoms with Crippen LogP contribution < -0.4 is 5.32 Å². The van der Waals surface area contributed by atoms with Gasteiger partial charge in [0.2, 0.25) is 5.95 Å². The van der Waals surface area contributed by atoms with Gasteiger partial charge in [-0.2, -0.15) is 0 Å². The third-order valence-corrected chi connectivity index (χ3v) is 7.09. The second-order valence-corrected chi connectivity index (χ2v) is 9.49. The Bertz CT molecular complexity index is 1120. The maximum atomic E-state index is 11.4. The predicted octanol–water partition coefficient (Wildman–Crippen LogP) is 4.67. The summed E-state index contributed by atoms with van der Waals surface area (Å²) in [4.78, 5) is 25.5. The maximum Gasteiger partial charge on any atom is 0.306 e. The number of rotatable bonds is 5. The molecule has 2 aromatic heterocycles. The fraction of sp³-hybridized carbons (Fsp3) is 0.391. The minimum absolute atomic E-state index is 0.104. The minimum Gasteiger partial charge on any atom is -0.481 e. The van der Waals surface area contributed by atoms with Gasteiger partial charge in [0.15, 0.2) is 0 Å². The van der Waals surface area contributed by atoms with Crippen LogP contribution in [-0.4, -0.2) is 31.1 Å². The van der Waals surface area contributed by atoms with Gasteiger partial charge in [0.1, 0.15) is 10.6 Å². The Labute approximate surface area is 185 Å². The molecular formula is C23H26N4O3S. The van der Waals surface area contributed by atoms with Crippen LogP contribution in [0.2, 0.25) is 0 Å². The molecule has 162 valence electrons. The second kappa shape index (κ2) is 8.36. The molecule has 7 nitrogen and oxygen atoms in total. The van der Waals surface area contributed by atoms with Crippen LogP contribution in [-0.2, 0) is 10.4 Å². The zero-order valence-corrected chi connectivity index (χ0v) is 18.6. The van der Waals surface area contributed by atoms with Gasteiger partial charge in [-0.05, 0) is 68.4 Å². The van der Waals surface area contributed by atoms with Gasteiger partial charge in [-0.3, -0.25) is 4.79 Å². The summed E-state index contributed by atoms with van der Waals surface area (Å²) in [5.41, 5.74) is 2.77. The summed E-state index contributed by atoms with van der Waals surface area (Å²) in [5.74, 6) is -0.756. The molecule has 1 aliphatic rings. The van der Waals surface area contributed by atoms with Crippen LogP contribution in [0.5, 0.6) is 0 Å². The molecule has 0 spiro atoms. The van der Waals surface area contributed by atoms with E-state index in [-0.39, 0.29) is 5.92 Å². The summed E-state index contributed by atoms with van der Waals surface area (Å²) in [6.45, 7) is 5.84. The first-order chi connectivity index (χ1) is 14.7. The Hall–Kier alpha value is -2.84. The van der Waals surface area contributed by atoms with Crippen LogP contribution in [0.25, 0.3) is 10.4 Å². The Balaban J connectivity index is 1.58. The molecule has 3 N–H and O–H groups in total. The van der Waals surface area contributed by atoms with Gasteiger partial charge in [0, 0.05) is 23.8 Å². The number of carbonyl (C=O) groups is 1. The van der Waals surface area contributed by atoms with E-state index in [1.807, 2.05) is 39.0 Å². The van der Waals surface area contributed by atoms with Gasteiger partial charge >= 0.3 is 5.97 Å². The number of nitrogens with one attached hydrogen (secondary N) is 1. The van der Waals surface area contributed by atoms with E-state index in [0.29, 0.717) is 30.2 Å². The SMILES string of the molecule is Cc1cc(Nc2nccc(C)n2)cc(-c2cnc([C@]3(O)CC[C@@H](C(=O)O)[C@@H](C)C3)s2)c1. The Kier molecular flexibility index (Phi) is 5.77. The molecule has 0 radical (unpaired) electrons. The Morgan fingerprint density at radius 1 is 1.26 bits per heavy atom. The number of aromatic nitrogens is 3. The quantitative estimate of drug-likeness (QED) is 0.531. The molecule has 31 heavy (non-hydrogen) atoms. The average molecular weight is 439 g/mol. The van der Waals surface area contributed by atoms with Crippen LogP contribution in [0.4, 0.5) is 11.6 Å². The van der Waals surface area contributed by atoms with Crippen molar-refractivity contribution in [3.05, 3.63) is 52.9 Å². The van der Waals surface area contributed by atoms with Gasteiger partial charge in [-0.1, -0.05) is 13.0 Å². The highest BCUT2D eigenvalue weighted by Gasteiger charge is 2.43. The van der Waals surface area contributed by atoms with Crippen LogP contribution in [0.3, 0.4) is 0 Å². The van der Waals surface area contributed by atoms with Gasteiger partial charge in [-0.15, -0.1) is 11.3 Å². The maximum absolute atomic E-state index is 11.4. The molecule has 0 amide bonds. The van der Waals surface area contributed by atoms with Gasteiger partial charge in [0.25, 0.3) is 0 Å². The minimum atomic E-state index is -1.07. The van der Waals surface area contributed by atoms with E-state index in [1.165, 1.54) is 11.3 Å². The number of hydrogen-bond acceptors (Lipinski definition) is 7. The van der Waals surface area contributed by atoms with Crippen molar-refractivity contribution in [2.75, 3.05) is 5.32 Å². The lowest BCUT2D eigenvalue weighted by Gasteiger charge is -2.37. The molecule has 0 bridgehead atoms. The molecule has 3 atom stereocenters. The van der Waals surface area contributed by atoms with Crippen molar-refractivity contribution in [1.29, 1.82) is 0 Å². The number of thiazole rings is 1. The van der Waals surface area contributed by atoms with Crippen molar-refractivity contribution in [2.24, 2.45) is 11.8 Å². The Morgan fingerprint density at radius 3 is 2.77 bits per heavy atom. The van der Waals surface area contributed by atoms with Crippen LogP contribution in [0, 0.1) is 25.7 Å². The summed E-state index contributed by atoms with van der Waals surface area (Å²) >= 11 is 1.46. The highest BCUT2D eigenvalue weighted by Crippen LogP contribution is 2.45. The normalized spacial score (nSPS) is 23.5. The molecular weight excluding hydrogens is 412 g/mol. The summed E-state index contributed by atoms with van der Waals surface area (Å²) in [7, 11) is 0. The van der Waals surface area contributed by atoms with E-state index >= 15 is 0 Å². The number of carboxylic acids is 1. The molecule has 4 rings (SSSR count). The first-order valence-electron chi connectivity index (χ1n) is 10.3. The summed E-state index contributed by atoms with van der Waals surface area (Å²) in [5, 5.41) is 24.5. The third-order valence-electron chi connectivity index (χ3n) is 5.85. The van der Waals surface area contributed by atoms with Crippen molar-refractivity contribution in [2.45, 2.75) is 45.6 Å². The van der Waals surface area contributed by atoms with Gasteiger partial charge < -0.3 is 15.5 Å². The van der Waals surface area contributed by atoms with Crippen molar-refractivity contribution in [3.8, 4) is 10.4 Å². The van der Waals surface area contributed by atoms with E-state index in [2.05, 4.69) is 26.3 Å². The summed E-state index contributed by atoms with van der Waals surface area (Å²) in [6.07, 6.45) is 4.77. The number of nitrogens with zero attached hydrogens (tertiary/aromatic N) is 3. The second-order valence-electron chi connectivity index (χ2n) is 8.46. The first-order valence-corrected chi connectivity index (χ1v) is 11.2. The van der Waals surface area contributed by atoms with Crippen LogP contribution in [0.15, 0.2) is 36.7 Å². The van der Waals surface area contributed by atoms with Gasteiger partial charge in [0.05, 0.1) is 10.8 Å². The summed E-state index contributed by atoms with van der Waals surface area (Å²) < 4.78 is 0. The molecule has 3 aromatic rings. The zero-order valence-electron chi connectivity index (χ0n) is 17.8. The molecule has 1 saturated carbocycles. The number of aliphatic hydroxyl groups is 1. The van der Waals surface area contributed by atoms with Crippen molar-refractivity contribution in [3.63, 3.8) is 0 Å². The third kappa shape index (κ3) is 4.60. The molecule has 1 fully saturated rings. The number of carboxylic acid groups (broad SMARTS) is 1. The molecule has 1 aromatic carbocycles. The molecule has 0 saturated heterocycles. The first kappa shape index (κ1) is 21.4. The van der Waals surface area contributed by atoms with Crippen molar-refractivity contribution >= 4 is 28.9 Å². The largest absolute Gasteiger partial charge is 0.481 e. The zero-order chi connectivity index (χ0) is 22.2. The Morgan fingerprint density at radius 2 is 2.06 bits per heavy atom. The molecule has 0 unspecified atom stereocenters. The highest BCUT2D eigenvalue weighted by molar-refractivity contribution is 7.15. The van der Waals surface area contributed by atoms with Crippen molar-refractivity contribution in [1.82, 2.24) is 15.0 Å². The lowest BCUT2D eigenvalue weighted by atomic mass is 9.72. The number of aryl methyl sites for hydroxylation is 2. The lowest BCUT2D eigenvalue weighted by Crippen LogP contribution is -2.38. The van der Waals surface area contributed by atoms with E-state index < -0.39 is 17.5 Å². The van der Waals surface area contributed by atoms with E-state index in [0.717, 1.165) is 27.4 Å². The van der Waals surface area contributed by atoms with E-state index in [9.17, 15) is 15.0 Å². The van der Waals surface area contributed by atoms with E-state index in [4.69, 9.17) is 0 Å². The van der Waals surface area contributed by atoms with Crippen molar-refractivity contribution < 1.29 is 15.0 Å². The molecule has 0 aliphatic heterocycles. The number of aliphatic carboxylic acids is 1. The average Bonchev–Trinajstić information content (AvgIpc) is 3.18. The van der Waals surface area contributed by atoms with E-state index in [1.54, 1.807) is 12.4 Å². The standard InChI is InChI=1S/C23H26N4O3S/c1-13-8-16(10-17(9-13)27-22-24-7-5-15(3)26-22)19-12-25-21(31-19)23(30)6-4-18(20(28)29)14(2)11-23/h5,7-10,12,14,18,30H,4,6,11H2,1-3H3,(H,28,29)(H,24,26,27)/t14-,18+,23-/m0/s1. The predicted molar refractivity (Wildman–Crippen MR) is 120 cm³/mol. The highest BCUT2D eigenvalue weighted by atomic mass is 32.1. The molecule has 2 heterocycles. The van der Waals surface area contributed by atoms with Crippen LogP contribution >= 0.6 is 11.3 Å². The smallest absolute Gasteiger partial charge is 0.306 e. The number of anilines is 2. The molecule has 1 aliphatic carbocycles. The fourth-order valence-electron chi connectivity index (χ4n) is 4.28. The van der Waals surface area contributed by atoms with Gasteiger partial charge in [-0.25, -0.2) is 15.0 Å². The number of hydrogen-bond donors (Lipinski definition) is 3. The fourth-order valence-corrected chi connectivity index (χ4v) is 5.31. The molecule has 8 heteroatoms. The monoisotopic (exact) mass is 438 g/mol. The van der Waals surface area contributed by atoms with Crippen LogP contribution in [0.1, 0.15) is 42.5 Å². The topological polar surface area (TPSA) is 108 Å².